The third-order valence-electron chi connectivity index (χ3n) is 5.21. The summed E-state index contributed by atoms with van der Waals surface area (Å²) in [5, 5.41) is 0. The highest BCUT2D eigenvalue weighted by Crippen LogP contribution is 2.35. The van der Waals surface area contributed by atoms with Gasteiger partial charge in [-0.2, -0.15) is 0 Å². The number of ether oxygens (including phenoxy) is 1. The van der Waals surface area contributed by atoms with E-state index >= 15 is 0 Å². The zero-order chi connectivity index (χ0) is 13.2. The molecule has 2 rings (SSSR count). The van der Waals surface area contributed by atoms with Gasteiger partial charge in [-0.05, 0) is 52.0 Å². The molecule has 106 valence electrons. The monoisotopic (exact) mass is 254 g/mol. The van der Waals surface area contributed by atoms with Gasteiger partial charge >= 0.3 is 0 Å². The number of hydrogen-bond donors (Lipinski definition) is 1. The van der Waals surface area contributed by atoms with Crippen molar-refractivity contribution in [2.45, 2.75) is 70.1 Å². The standard InChI is InChI=1S/C15H30N2O/c1-15(2,18-3)14(16)11-17-10-6-8-12-7-4-5-9-13(12)17/h12-14H,4-11,16H2,1-3H3/t12-,13-,14?/m1/s1. The van der Waals surface area contributed by atoms with Crippen molar-refractivity contribution >= 4 is 0 Å². The van der Waals surface area contributed by atoms with E-state index in [9.17, 15) is 0 Å². The summed E-state index contributed by atoms with van der Waals surface area (Å²) < 4.78 is 5.53. The smallest absolute Gasteiger partial charge is 0.0785 e. The summed E-state index contributed by atoms with van der Waals surface area (Å²) in [5.74, 6) is 0.936. The van der Waals surface area contributed by atoms with Crippen molar-refractivity contribution < 1.29 is 4.74 Å². The second-order valence-corrected chi connectivity index (χ2v) is 6.66. The largest absolute Gasteiger partial charge is 0.377 e. The third-order valence-corrected chi connectivity index (χ3v) is 5.21. The van der Waals surface area contributed by atoms with E-state index in [0.717, 1.165) is 18.5 Å². The number of fused-ring (bicyclic) bond motifs is 1. The first-order valence-electron chi connectivity index (χ1n) is 7.59. The summed E-state index contributed by atoms with van der Waals surface area (Å²) in [6, 6.07) is 0.898. The third kappa shape index (κ3) is 3.06. The lowest BCUT2D eigenvalue weighted by molar-refractivity contribution is -0.0244. The molecule has 1 saturated carbocycles. The average Bonchev–Trinajstić information content (AvgIpc) is 2.39. The van der Waals surface area contributed by atoms with E-state index in [4.69, 9.17) is 10.5 Å². The minimum absolute atomic E-state index is 0.100. The zero-order valence-corrected chi connectivity index (χ0v) is 12.3. The van der Waals surface area contributed by atoms with Gasteiger partial charge in [-0.1, -0.05) is 12.8 Å². The Hall–Kier alpha value is -0.120. The average molecular weight is 254 g/mol. The van der Waals surface area contributed by atoms with Crippen LogP contribution in [0.5, 0.6) is 0 Å². The van der Waals surface area contributed by atoms with Gasteiger partial charge in [0.1, 0.15) is 0 Å². The van der Waals surface area contributed by atoms with Crippen LogP contribution in [0.4, 0.5) is 0 Å². The first-order chi connectivity index (χ1) is 8.54. The van der Waals surface area contributed by atoms with Crippen molar-refractivity contribution in [2.24, 2.45) is 11.7 Å². The van der Waals surface area contributed by atoms with Gasteiger partial charge in [-0.25, -0.2) is 0 Å². The molecule has 18 heavy (non-hydrogen) atoms. The number of piperidine rings is 1. The van der Waals surface area contributed by atoms with Crippen LogP contribution >= 0.6 is 0 Å². The van der Waals surface area contributed by atoms with Crippen molar-refractivity contribution in [3.05, 3.63) is 0 Å². The number of methoxy groups -OCH3 is 1. The molecule has 2 aliphatic rings. The molecule has 0 amide bonds. The fourth-order valence-electron chi connectivity index (χ4n) is 3.58. The van der Waals surface area contributed by atoms with Crippen LogP contribution in [0.2, 0.25) is 0 Å². The highest BCUT2D eigenvalue weighted by molar-refractivity contribution is 4.92. The van der Waals surface area contributed by atoms with Gasteiger partial charge < -0.3 is 10.5 Å². The van der Waals surface area contributed by atoms with Gasteiger partial charge in [0.25, 0.3) is 0 Å². The minimum Gasteiger partial charge on any atom is -0.377 e. The number of nitrogens with two attached hydrogens (primary N) is 1. The Morgan fingerprint density at radius 3 is 2.61 bits per heavy atom. The second kappa shape index (κ2) is 5.89. The number of likely N-dealkylation sites (tertiary alicyclic amines) is 1. The highest BCUT2D eigenvalue weighted by Gasteiger charge is 2.36. The van der Waals surface area contributed by atoms with E-state index in [0.29, 0.717) is 0 Å². The Balaban J connectivity index is 1.95. The molecular formula is C15H30N2O. The molecule has 1 aliphatic heterocycles. The Morgan fingerprint density at radius 1 is 1.22 bits per heavy atom. The molecule has 1 aliphatic carbocycles. The normalized spacial score (nSPS) is 32.0. The van der Waals surface area contributed by atoms with Crippen LogP contribution in [0.1, 0.15) is 52.4 Å². The highest BCUT2D eigenvalue weighted by atomic mass is 16.5. The molecule has 2 fully saturated rings. The maximum Gasteiger partial charge on any atom is 0.0785 e. The molecule has 0 spiro atoms. The molecular weight excluding hydrogens is 224 g/mol. The van der Waals surface area contributed by atoms with E-state index in [1.165, 1.54) is 45.1 Å². The zero-order valence-electron chi connectivity index (χ0n) is 12.3. The van der Waals surface area contributed by atoms with Crippen LogP contribution in [-0.2, 0) is 4.74 Å². The maximum absolute atomic E-state index is 6.35. The molecule has 3 nitrogen and oxygen atoms in total. The van der Waals surface area contributed by atoms with Crippen LogP contribution in [0.3, 0.4) is 0 Å². The topological polar surface area (TPSA) is 38.5 Å². The van der Waals surface area contributed by atoms with Crippen LogP contribution in [0.15, 0.2) is 0 Å². The summed E-state index contributed by atoms with van der Waals surface area (Å²) in [4.78, 5) is 2.65. The number of rotatable bonds is 4. The van der Waals surface area contributed by atoms with Gasteiger partial charge in [0, 0.05) is 25.7 Å². The molecule has 3 heteroatoms. The molecule has 0 aromatic heterocycles. The lowest BCUT2D eigenvalue weighted by Gasteiger charge is -2.46. The summed E-state index contributed by atoms with van der Waals surface area (Å²) in [5.41, 5.74) is 6.13. The van der Waals surface area contributed by atoms with Crippen molar-refractivity contribution in [3.8, 4) is 0 Å². The van der Waals surface area contributed by atoms with E-state index in [-0.39, 0.29) is 11.6 Å². The Morgan fingerprint density at radius 2 is 1.89 bits per heavy atom. The SMILES string of the molecule is COC(C)(C)C(N)CN1CCC[C@H]2CCCC[C@H]21. The summed E-state index contributed by atoms with van der Waals surface area (Å²) in [6.45, 7) is 6.41. The Labute approximate surface area is 112 Å². The van der Waals surface area contributed by atoms with Crippen molar-refractivity contribution in [1.82, 2.24) is 4.90 Å². The first kappa shape index (κ1) is 14.3. The summed E-state index contributed by atoms with van der Waals surface area (Å²) in [6.07, 6.45) is 8.44. The lowest BCUT2D eigenvalue weighted by atomic mass is 9.78. The molecule has 0 aromatic rings. The fourth-order valence-corrected chi connectivity index (χ4v) is 3.58. The van der Waals surface area contributed by atoms with Crippen molar-refractivity contribution in [1.29, 1.82) is 0 Å². The van der Waals surface area contributed by atoms with E-state index in [1.807, 2.05) is 0 Å². The molecule has 2 N–H and O–H groups in total. The first-order valence-corrected chi connectivity index (χ1v) is 7.59. The quantitative estimate of drug-likeness (QED) is 0.837. The second-order valence-electron chi connectivity index (χ2n) is 6.66. The molecule has 1 unspecified atom stereocenters. The van der Waals surface area contributed by atoms with Gasteiger partial charge in [0.05, 0.1) is 5.60 Å². The lowest BCUT2D eigenvalue weighted by Crippen LogP contribution is -2.56. The van der Waals surface area contributed by atoms with Gasteiger partial charge in [0.15, 0.2) is 0 Å². The van der Waals surface area contributed by atoms with Crippen molar-refractivity contribution in [2.75, 3.05) is 20.2 Å². The number of nitrogens with zero attached hydrogens (tertiary/aromatic N) is 1. The van der Waals surface area contributed by atoms with E-state index in [1.54, 1.807) is 7.11 Å². The fraction of sp³-hybridized carbons (Fsp3) is 1.00. The van der Waals surface area contributed by atoms with Crippen LogP contribution in [0, 0.1) is 5.92 Å². The Kier molecular flexibility index (Phi) is 4.68. The molecule has 3 atom stereocenters. The van der Waals surface area contributed by atoms with Crippen molar-refractivity contribution in [3.63, 3.8) is 0 Å². The van der Waals surface area contributed by atoms with Gasteiger partial charge in [0.2, 0.25) is 0 Å². The predicted octanol–water partition coefficient (Wildman–Crippen LogP) is 2.39. The predicted molar refractivity (Wildman–Crippen MR) is 75.6 cm³/mol. The molecule has 0 radical (unpaired) electrons. The molecule has 0 bridgehead atoms. The molecule has 0 aromatic carbocycles. The maximum atomic E-state index is 6.35. The summed E-state index contributed by atoms with van der Waals surface area (Å²) >= 11 is 0. The number of hydrogen-bond acceptors (Lipinski definition) is 3. The van der Waals surface area contributed by atoms with E-state index in [2.05, 4.69) is 18.7 Å². The Bertz CT molecular complexity index is 265. The van der Waals surface area contributed by atoms with Crippen LogP contribution < -0.4 is 5.73 Å². The van der Waals surface area contributed by atoms with Gasteiger partial charge in [-0.15, -0.1) is 0 Å². The van der Waals surface area contributed by atoms with Gasteiger partial charge in [-0.3, -0.25) is 4.90 Å². The molecule has 1 saturated heterocycles. The molecule has 1 heterocycles. The van der Waals surface area contributed by atoms with Crippen LogP contribution in [0.25, 0.3) is 0 Å². The van der Waals surface area contributed by atoms with Crippen LogP contribution in [-0.4, -0.2) is 42.8 Å². The summed E-state index contributed by atoms with van der Waals surface area (Å²) in [7, 11) is 1.76. The van der Waals surface area contributed by atoms with E-state index < -0.39 is 0 Å². The minimum atomic E-state index is -0.221.